The molecule has 0 aliphatic rings. The molecular formula is C15H8F8. The minimum atomic E-state index is -2.15. The summed E-state index contributed by atoms with van der Waals surface area (Å²) >= 11 is 0. The Morgan fingerprint density at radius 1 is 0.522 bits per heavy atom. The Kier molecular flexibility index (Phi) is 4.37. The van der Waals surface area contributed by atoms with Gasteiger partial charge in [-0.3, -0.25) is 0 Å². The molecule has 0 aliphatic carbocycles. The minimum Gasteiger partial charge on any atom is -0.203 e. The first-order chi connectivity index (χ1) is 10.6. The van der Waals surface area contributed by atoms with Gasteiger partial charge in [0.15, 0.2) is 46.5 Å². The highest BCUT2D eigenvalue weighted by molar-refractivity contribution is 5.68. The van der Waals surface area contributed by atoms with Crippen molar-refractivity contribution in [3.05, 3.63) is 57.7 Å². The van der Waals surface area contributed by atoms with Crippen LogP contribution in [0.15, 0.2) is 0 Å². The summed E-state index contributed by atoms with van der Waals surface area (Å²) < 4.78 is 110. The topological polar surface area (TPSA) is 0 Å². The lowest BCUT2D eigenvalue weighted by Crippen LogP contribution is -2.10. The second-order valence-electron chi connectivity index (χ2n) is 4.72. The van der Waals surface area contributed by atoms with Crippen molar-refractivity contribution in [2.24, 2.45) is 0 Å². The molecule has 23 heavy (non-hydrogen) atoms. The summed E-state index contributed by atoms with van der Waals surface area (Å²) in [5, 5.41) is 0. The van der Waals surface area contributed by atoms with Gasteiger partial charge in [-0.25, -0.2) is 35.1 Å². The van der Waals surface area contributed by atoms with E-state index >= 15 is 0 Å². The van der Waals surface area contributed by atoms with Crippen LogP contribution in [0.4, 0.5) is 35.1 Å². The molecule has 0 aromatic heterocycles. The Labute approximate surface area is 125 Å². The van der Waals surface area contributed by atoms with E-state index in [1.54, 1.807) is 0 Å². The van der Waals surface area contributed by atoms with E-state index in [2.05, 4.69) is 0 Å². The van der Waals surface area contributed by atoms with Crippen LogP contribution in [0, 0.1) is 53.5 Å². The Bertz CT molecular complexity index is 752. The molecule has 0 N–H and O–H groups in total. The molecule has 0 saturated carbocycles. The molecule has 0 nitrogen and oxygen atoms in total. The zero-order valence-electron chi connectivity index (χ0n) is 11.7. The molecule has 0 atom stereocenters. The lowest BCUT2D eigenvalue weighted by atomic mass is 9.97. The Hall–Kier alpha value is -2.12. The van der Waals surface area contributed by atoms with Crippen LogP contribution >= 0.6 is 0 Å². The van der Waals surface area contributed by atoms with Gasteiger partial charge in [0.05, 0.1) is 11.1 Å². The largest absolute Gasteiger partial charge is 0.203 e. The SMILES string of the molecule is CCc1c(F)c(F)c(-c2c(F)c(F)c(C)c(F)c2F)c(F)c1F. The van der Waals surface area contributed by atoms with Gasteiger partial charge in [0, 0.05) is 11.1 Å². The van der Waals surface area contributed by atoms with E-state index in [-0.39, 0.29) is 0 Å². The molecule has 0 aliphatic heterocycles. The molecule has 0 spiro atoms. The van der Waals surface area contributed by atoms with E-state index in [4.69, 9.17) is 0 Å². The average molecular weight is 340 g/mol. The van der Waals surface area contributed by atoms with Gasteiger partial charge in [-0.05, 0) is 13.3 Å². The number of hydrogen-bond donors (Lipinski definition) is 0. The third kappa shape index (κ3) is 2.36. The monoisotopic (exact) mass is 340 g/mol. The van der Waals surface area contributed by atoms with Crippen molar-refractivity contribution in [1.29, 1.82) is 0 Å². The normalized spacial score (nSPS) is 11.2. The van der Waals surface area contributed by atoms with E-state index in [0.29, 0.717) is 6.92 Å². The summed E-state index contributed by atoms with van der Waals surface area (Å²) in [6.07, 6.45) is -0.451. The molecule has 2 aromatic carbocycles. The second-order valence-corrected chi connectivity index (χ2v) is 4.72. The first kappa shape index (κ1) is 17.2. The van der Waals surface area contributed by atoms with Gasteiger partial charge in [0.2, 0.25) is 0 Å². The molecule has 0 saturated heterocycles. The van der Waals surface area contributed by atoms with E-state index in [1.807, 2.05) is 0 Å². The van der Waals surface area contributed by atoms with Gasteiger partial charge in [0.1, 0.15) is 0 Å². The zero-order valence-corrected chi connectivity index (χ0v) is 11.7. The molecule has 8 heteroatoms. The van der Waals surface area contributed by atoms with Crippen LogP contribution < -0.4 is 0 Å². The lowest BCUT2D eigenvalue weighted by molar-refractivity contribution is 0.431. The van der Waals surface area contributed by atoms with Gasteiger partial charge in [-0.2, -0.15) is 0 Å². The molecule has 0 bridgehead atoms. The number of rotatable bonds is 2. The van der Waals surface area contributed by atoms with Crippen molar-refractivity contribution in [1.82, 2.24) is 0 Å². The van der Waals surface area contributed by atoms with Gasteiger partial charge < -0.3 is 0 Å². The molecule has 0 radical (unpaired) electrons. The highest BCUT2D eigenvalue weighted by Gasteiger charge is 2.32. The summed E-state index contributed by atoms with van der Waals surface area (Å²) in [6.45, 7) is 1.88. The van der Waals surface area contributed by atoms with Gasteiger partial charge in [0.25, 0.3) is 0 Å². The minimum absolute atomic E-state index is 0.451. The zero-order chi connectivity index (χ0) is 17.6. The summed E-state index contributed by atoms with van der Waals surface area (Å²) in [5.74, 6) is -16.2. The second kappa shape index (κ2) is 5.82. The average Bonchev–Trinajstić information content (AvgIpc) is 2.53. The fourth-order valence-electron chi connectivity index (χ4n) is 2.17. The summed E-state index contributed by atoms with van der Waals surface area (Å²) in [5.41, 5.74) is -5.75. The molecular weight excluding hydrogens is 332 g/mol. The Morgan fingerprint density at radius 3 is 1.13 bits per heavy atom. The van der Waals surface area contributed by atoms with Crippen molar-refractivity contribution in [2.75, 3.05) is 0 Å². The standard InChI is InChI=1S/C15H8F8/c1-3-5-10(18)14(22)7(15(23)11(5)19)6-12(20)8(16)4(2)9(17)13(6)21/h3H2,1-2H3. The van der Waals surface area contributed by atoms with Gasteiger partial charge in [-0.1, -0.05) is 6.92 Å². The van der Waals surface area contributed by atoms with Crippen molar-refractivity contribution in [3.63, 3.8) is 0 Å². The summed E-state index contributed by atoms with van der Waals surface area (Å²) in [7, 11) is 0. The Balaban J connectivity index is 3.01. The maximum Gasteiger partial charge on any atom is 0.170 e. The van der Waals surface area contributed by atoms with Gasteiger partial charge in [-0.15, -0.1) is 0 Å². The smallest absolute Gasteiger partial charge is 0.170 e. The molecule has 2 aromatic rings. The van der Waals surface area contributed by atoms with E-state index in [9.17, 15) is 35.1 Å². The van der Waals surface area contributed by atoms with Crippen LogP contribution in [-0.2, 0) is 6.42 Å². The van der Waals surface area contributed by atoms with Crippen LogP contribution in [0.3, 0.4) is 0 Å². The third-order valence-electron chi connectivity index (χ3n) is 3.44. The molecule has 2 rings (SSSR count). The number of halogens is 8. The number of benzene rings is 2. The maximum atomic E-state index is 13.9. The molecule has 0 fully saturated rings. The molecule has 0 unspecified atom stereocenters. The first-order valence-electron chi connectivity index (χ1n) is 6.32. The van der Waals surface area contributed by atoms with E-state index < -0.39 is 75.2 Å². The molecule has 0 amide bonds. The molecule has 0 heterocycles. The van der Waals surface area contributed by atoms with Crippen LogP contribution in [0.25, 0.3) is 11.1 Å². The lowest BCUT2D eigenvalue weighted by Gasteiger charge is -2.14. The first-order valence-corrected chi connectivity index (χ1v) is 6.32. The highest BCUT2D eigenvalue weighted by atomic mass is 19.2. The van der Waals surface area contributed by atoms with E-state index in [1.165, 1.54) is 6.92 Å². The van der Waals surface area contributed by atoms with Crippen LogP contribution in [-0.4, -0.2) is 0 Å². The van der Waals surface area contributed by atoms with Crippen molar-refractivity contribution >= 4 is 0 Å². The predicted octanol–water partition coefficient (Wildman–Crippen LogP) is 5.34. The van der Waals surface area contributed by atoms with Crippen LogP contribution in [0.1, 0.15) is 18.1 Å². The van der Waals surface area contributed by atoms with Gasteiger partial charge >= 0.3 is 0 Å². The highest BCUT2D eigenvalue weighted by Crippen LogP contribution is 2.37. The summed E-state index contributed by atoms with van der Waals surface area (Å²) in [4.78, 5) is 0. The van der Waals surface area contributed by atoms with E-state index in [0.717, 1.165) is 0 Å². The fourth-order valence-corrected chi connectivity index (χ4v) is 2.17. The fraction of sp³-hybridized carbons (Fsp3) is 0.200. The van der Waals surface area contributed by atoms with Crippen molar-refractivity contribution in [3.8, 4) is 11.1 Å². The van der Waals surface area contributed by atoms with Crippen molar-refractivity contribution < 1.29 is 35.1 Å². The summed E-state index contributed by atoms with van der Waals surface area (Å²) in [6, 6.07) is 0. The van der Waals surface area contributed by atoms with Crippen molar-refractivity contribution in [2.45, 2.75) is 20.3 Å². The quantitative estimate of drug-likeness (QED) is 0.512. The Morgan fingerprint density at radius 2 is 0.826 bits per heavy atom. The number of hydrogen-bond acceptors (Lipinski definition) is 0. The van der Waals surface area contributed by atoms with Crippen LogP contribution in [0.2, 0.25) is 0 Å². The third-order valence-corrected chi connectivity index (χ3v) is 3.44. The predicted molar refractivity (Wildman–Crippen MR) is 65.7 cm³/mol. The maximum absolute atomic E-state index is 13.9. The van der Waals surface area contributed by atoms with Crippen LogP contribution in [0.5, 0.6) is 0 Å². The molecule has 124 valence electrons.